The summed E-state index contributed by atoms with van der Waals surface area (Å²) < 4.78 is 2.15. The number of thioether (sulfide) groups is 1. The summed E-state index contributed by atoms with van der Waals surface area (Å²) in [6.07, 6.45) is 0. The van der Waals surface area contributed by atoms with E-state index < -0.39 is 0 Å². The standard InChI is InChI=1S/C13H21NO2S/c1-5-14-9(2)6-12(11(14)4)13(16)8-17-10(3)7-15/h6,10,15H,5,7-8H2,1-4H3. The fourth-order valence-electron chi connectivity index (χ4n) is 1.92. The van der Waals surface area contributed by atoms with Crippen LogP contribution in [0.15, 0.2) is 6.07 Å². The van der Waals surface area contributed by atoms with E-state index in [9.17, 15) is 4.79 Å². The maximum Gasteiger partial charge on any atom is 0.174 e. The molecule has 1 unspecified atom stereocenters. The van der Waals surface area contributed by atoms with Gasteiger partial charge in [0.25, 0.3) is 0 Å². The molecule has 0 aromatic carbocycles. The second-order valence-corrected chi connectivity index (χ2v) is 5.68. The monoisotopic (exact) mass is 255 g/mol. The van der Waals surface area contributed by atoms with Crippen LogP contribution in [-0.2, 0) is 6.54 Å². The lowest BCUT2D eigenvalue weighted by Crippen LogP contribution is -2.10. The molecule has 17 heavy (non-hydrogen) atoms. The number of ketones is 1. The number of aliphatic hydroxyl groups is 1. The maximum atomic E-state index is 12.1. The van der Waals surface area contributed by atoms with E-state index in [1.165, 1.54) is 11.8 Å². The third-order valence-corrected chi connectivity index (χ3v) is 4.09. The Morgan fingerprint density at radius 2 is 2.18 bits per heavy atom. The average molecular weight is 255 g/mol. The van der Waals surface area contributed by atoms with Crippen molar-refractivity contribution in [2.45, 2.75) is 39.5 Å². The summed E-state index contributed by atoms with van der Waals surface area (Å²) in [6, 6.07) is 1.96. The summed E-state index contributed by atoms with van der Waals surface area (Å²) >= 11 is 1.50. The predicted octanol–water partition coefficient (Wildman–Crippen LogP) is 2.42. The van der Waals surface area contributed by atoms with Gasteiger partial charge in [0.05, 0.1) is 12.4 Å². The van der Waals surface area contributed by atoms with Gasteiger partial charge in [0.15, 0.2) is 5.78 Å². The lowest BCUT2D eigenvalue weighted by Gasteiger charge is -2.07. The highest BCUT2D eigenvalue weighted by Gasteiger charge is 2.15. The van der Waals surface area contributed by atoms with Gasteiger partial charge in [-0.3, -0.25) is 4.79 Å². The van der Waals surface area contributed by atoms with E-state index in [4.69, 9.17) is 5.11 Å². The van der Waals surface area contributed by atoms with Crippen LogP contribution in [0.1, 0.15) is 35.6 Å². The molecule has 0 amide bonds. The normalized spacial score (nSPS) is 12.8. The Morgan fingerprint density at radius 3 is 2.65 bits per heavy atom. The number of rotatable bonds is 6. The first-order valence-corrected chi connectivity index (χ1v) is 6.98. The number of aryl methyl sites for hydroxylation is 1. The Kier molecular flexibility index (Phi) is 5.28. The van der Waals surface area contributed by atoms with E-state index >= 15 is 0 Å². The molecule has 0 bridgehead atoms. The Bertz CT molecular complexity index is 398. The third kappa shape index (κ3) is 3.36. The Balaban J connectivity index is 2.76. The van der Waals surface area contributed by atoms with Crippen molar-refractivity contribution in [2.24, 2.45) is 0 Å². The quantitative estimate of drug-likeness (QED) is 0.794. The van der Waals surface area contributed by atoms with Crippen LogP contribution in [0.2, 0.25) is 0 Å². The molecule has 0 aliphatic heterocycles. The van der Waals surface area contributed by atoms with E-state index in [0.717, 1.165) is 23.5 Å². The van der Waals surface area contributed by atoms with Gasteiger partial charge in [0, 0.05) is 28.7 Å². The molecule has 1 aromatic heterocycles. The van der Waals surface area contributed by atoms with Gasteiger partial charge in [-0.25, -0.2) is 0 Å². The van der Waals surface area contributed by atoms with Gasteiger partial charge >= 0.3 is 0 Å². The Hall–Kier alpha value is -0.740. The lowest BCUT2D eigenvalue weighted by molar-refractivity contribution is 0.102. The van der Waals surface area contributed by atoms with Crippen molar-refractivity contribution in [2.75, 3.05) is 12.4 Å². The molecule has 0 saturated heterocycles. The van der Waals surface area contributed by atoms with E-state index in [0.29, 0.717) is 5.75 Å². The predicted molar refractivity (Wildman–Crippen MR) is 72.9 cm³/mol. The highest BCUT2D eigenvalue weighted by atomic mass is 32.2. The van der Waals surface area contributed by atoms with Crippen molar-refractivity contribution in [3.8, 4) is 0 Å². The summed E-state index contributed by atoms with van der Waals surface area (Å²) in [5.74, 6) is 0.596. The fraction of sp³-hybridized carbons (Fsp3) is 0.615. The van der Waals surface area contributed by atoms with Crippen LogP contribution in [0.4, 0.5) is 0 Å². The van der Waals surface area contributed by atoms with Gasteiger partial charge in [0.1, 0.15) is 0 Å². The van der Waals surface area contributed by atoms with Gasteiger partial charge in [-0.15, -0.1) is 11.8 Å². The SMILES string of the molecule is CCn1c(C)cc(C(=O)CSC(C)CO)c1C. The van der Waals surface area contributed by atoms with Crippen molar-refractivity contribution in [3.05, 3.63) is 23.0 Å². The molecular formula is C13H21NO2S. The van der Waals surface area contributed by atoms with Gasteiger partial charge in [0.2, 0.25) is 0 Å². The summed E-state index contributed by atoms with van der Waals surface area (Å²) in [4.78, 5) is 12.1. The molecule has 0 radical (unpaired) electrons. The number of carbonyl (C=O) groups is 1. The van der Waals surface area contributed by atoms with Crippen LogP contribution < -0.4 is 0 Å². The maximum absolute atomic E-state index is 12.1. The minimum Gasteiger partial charge on any atom is -0.395 e. The van der Waals surface area contributed by atoms with Crippen molar-refractivity contribution < 1.29 is 9.90 Å². The number of aromatic nitrogens is 1. The second-order valence-electron chi connectivity index (χ2n) is 4.26. The van der Waals surface area contributed by atoms with Crippen LogP contribution in [-0.4, -0.2) is 33.1 Å². The summed E-state index contributed by atoms with van der Waals surface area (Å²) in [5, 5.41) is 9.04. The van der Waals surface area contributed by atoms with Crippen LogP contribution in [0.5, 0.6) is 0 Å². The molecule has 0 aliphatic rings. The first-order valence-electron chi connectivity index (χ1n) is 5.93. The molecule has 4 heteroatoms. The number of aliphatic hydroxyl groups excluding tert-OH is 1. The number of carbonyl (C=O) groups excluding carboxylic acids is 1. The van der Waals surface area contributed by atoms with Crippen LogP contribution in [0, 0.1) is 13.8 Å². The van der Waals surface area contributed by atoms with E-state index in [1.807, 2.05) is 26.8 Å². The smallest absolute Gasteiger partial charge is 0.174 e. The lowest BCUT2D eigenvalue weighted by atomic mass is 10.2. The highest BCUT2D eigenvalue weighted by molar-refractivity contribution is 8.00. The minimum absolute atomic E-state index is 0.117. The van der Waals surface area contributed by atoms with Crippen molar-refractivity contribution in [1.82, 2.24) is 4.57 Å². The highest BCUT2D eigenvalue weighted by Crippen LogP contribution is 2.19. The molecule has 1 N–H and O–H groups in total. The van der Waals surface area contributed by atoms with Crippen molar-refractivity contribution in [1.29, 1.82) is 0 Å². The largest absolute Gasteiger partial charge is 0.395 e. The molecule has 1 atom stereocenters. The van der Waals surface area contributed by atoms with E-state index in [-0.39, 0.29) is 17.6 Å². The molecule has 0 fully saturated rings. The van der Waals surface area contributed by atoms with Gasteiger partial charge in [-0.1, -0.05) is 6.92 Å². The molecule has 0 spiro atoms. The van der Waals surface area contributed by atoms with Crippen LogP contribution >= 0.6 is 11.8 Å². The van der Waals surface area contributed by atoms with Gasteiger partial charge in [-0.05, 0) is 26.8 Å². The molecule has 3 nitrogen and oxygen atoms in total. The summed E-state index contributed by atoms with van der Waals surface area (Å²) in [5.41, 5.74) is 3.00. The van der Waals surface area contributed by atoms with Crippen LogP contribution in [0.25, 0.3) is 0 Å². The summed E-state index contributed by atoms with van der Waals surface area (Å²) in [6.45, 7) is 9.03. The number of hydrogen-bond donors (Lipinski definition) is 1. The van der Waals surface area contributed by atoms with Gasteiger partial charge < -0.3 is 9.67 Å². The van der Waals surface area contributed by atoms with Gasteiger partial charge in [-0.2, -0.15) is 0 Å². The van der Waals surface area contributed by atoms with E-state index in [1.54, 1.807) is 0 Å². The molecule has 96 valence electrons. The average Bonchev–Trinajstić information content (AvgIpc) is 2.60. The Morgan fingerprint density at radius 1 is 1.53 bits per heavy atom. The zero-order valence-corrected chi connectivity index (χ0v) is 11.8. The zero-order valence-electron chi connectivity index (χ0n) is 11.0. The molecular weight excluding hydrogens is 234 g/mol. The molecule has 1 rings (SSSR count). The topological polar surface area (TPSA) is 42.2 Å². The van der Waals surface area contributed by atoms with Crippen molar-refractivity contribution >= 4 is 17.5 Å². The first-order chi connectivity index (χ1) is 8.01. The molecule has 0 saturated carbocycles. The molecule has 0 aliphatic carbocycles. The van der Waals surface area contributed by atoms with E-state index in [2.05, 4.69) is 11.5 Å². The minimum atomic E-state index is 0.117. The second kappa shape index (κ2) is 6.26. The molecule has 1 heterocycles. The molecule has 1 aromatic rings. The number of nitrogens with zero attached hydrogens (tertiary/aromatic N) is 1. The third-order valence-electron chi connectivity index (χ3n) is 2.95. The summed E-state index contributed by atoms with van der Waals surface area (Å²) in [7, 11) is 0. The fourth-order valence-corrected chi connectivity index (χ4v) is 2.62. The first kappa shape index (κ1) is 14.3. The number of Topliss-reactive ketones (excluding diaryl/α,β-unsaturated/α-hetero) is 1. The van der Waals surface area contributed by atoms with Crippen LogP contribution in [0.3, 0.4) is 0 Å². The Labute approximate surface area is 107 Å². The zero-order chi connectivity index (χ0) is 13.0. The number of hydrogen-bond acceptors (Lipinski definition) is 3. The van der Waals surface area contributed by atoms with Crippen molar-refractivity contribution in [3.63, 3.8) is 0 Å².